The third-order valence-corrected chi connectivity index (χ3v) is 2.39. The second-order valence-electron chi connectivity index (χ2n) is 3.77. The van der Waals surface area contributed by atoms with Gasteiger partial charge in [0.2, 0.25) is 0 Å². The number of halogens is 1. The highest BCUT2D eigenvalue weighted by molar-refractivity contribution is 5.39. The van der Waals surface area contributed by atoms with Gasteiger partial charge >= 0.3 is 0 Å². The van der Waals surface area contributed by atoms with E-state index in [0.717, 1.165) is 0 Å². The highest BCUT2D eigenvalue weighted by Gasteiger charge is 2.11. The van der Waals surface area contributed by atoms with Crippen LogP contribution in [0.5, 0.6) is 11.5 Å². The van der Waals surface area contributed by atoms with Crippen molar-refractivity contribution in [1.82, 2.24) is 0 Å². The third-order valence-electron chi connectivity index (χ3n) is 2.39. The van der Waals surface area contributed by atoms with Crippen LogP contribution < -0.4 is 4.74 Å². The zero-order valence-electron chi connectivity index (χ0n) is 9.43. The number of hydrogen-bond acceptors (Lipinski definition) is 2. The van der Waals surface area contributed by atoms with Gasteiger partial charge in [-0.2, -0.15) is 0 Å². The molecular formula is C14H13FO2. The molecule has 0 heterocycles. The van der Waals surface area contributed by atoms with Crippen LogP contribution in [0.3, 0.4) is 0 Å². The summed E-state index contributed by atoms with van der Waals surface area (Å²) < 4.78 is 18.7. The number of rotatable bonds is 3. The van der Waals surface area contributed by atoms with E-state index in [-0.39, 0.29) is 5.82 Å². The lowest BCUT2D eigenvalue weighted by Gasteiger charge is -2.13. The molecule has 2 rings (SSSR count). The first-order valence-corrected chi connectivity index (χ1v) is 5.37. The first-order valence-electron chi connectivity index (χ1n) is 5.37. The van der Waals surface area contributed by atoms with Crippen LogP contribution in [0.25, 0.3) is 0 Å². The number of aliphatic hydroxyl groups is 1. The number of hydrogen-bond donors (Lipinski definition) is 1. The second-order valence-corrected chi connectivity index (χ2v) is 3.77. The summed E-state index contributed by atoms with van der Waals surface area (Å²) in [6, 6.07) is 13.3. The van der Waals surface area contributed by atoms with Crippen LogP contribution in [0.2, 0.25) is 0 Å². The van der Waals surface area contributed by atoms with E-state index in [9.17, 15) is 9.50 Å². The van der Waals surface area contributed by atoms with Crippen LogP contribution in [0.1, 0.15) is 18.6 Å². The topological polar surface area (TPSA) is 29.5 Å². The van der Waals surface area contributed by atoms with Gasteiger partial charge in [0.05, 0.1) is 6.10 Å². The molecule has 0 saturated carbocycles. The maximum atomic E-state index is 13.1. The van der Waals surface area contributed by atoms with E-state index in [1.165, 1.54) is 18.2 Å². The monoisotopic (exact) mass is 232 g/mol. The minimum atomic E-state index is -0.774. The van der Waals surface area contributed by atoms with E-state index in [4.69, 9.17) is 4.74 Å². The zero-order chi connectivity index (χ0) is 12.3. The fraction of sp³-hybridized carbons (Fsp3) is 0.143. The number of ether oxygens (including phenoxy) is 1. The molecule has 0 saturated heterocycles. The SMILES string of the molecule is C[C@H](O)c1cc(F)ccc1Oc1ccccc1. The summed E-state index contributed by atoms with van der Waals surface area (Å²) in [6.45, 7) is 1.58. The molecular weight excluding hydrogens is 219 g/mol. The van der Waals surface area contributed by atoms with Gasteiger partial charge in [-0.15, -0.1) is 0 Å². The maximum Gasteiger partial charge on any atom is 0.133 e. The van der Waals surface area contributed by atoms with Crippen molar-refractivity contribution in [3.63, 3.8) is 0 Å². The molecule has 2 nitrogen and oxygen atoms in total. The summed E-state index contributed by atoms with van der Waals surface area (Å²) >= 11 is 0. The molecule has 1 N–H and O–H groups in total. The number of para-hydroxylation sites is 1. The lowest BCUT2D eigenvalue weighted by atomic mass is 10.1. The molecule has 0 amide bonds. The average molecular weight is 232 g/mol. The van der Waals surface area contributed by atoms with Crippen molar-refractivity contribution in [2.45, 2.75) is 13.0 Å². The van der Waals surface area contributed by atoms with Crippen LogP contribution in [-0.2, 0) is 0 Å². The highest BCUT2D eigenvalue weighted by atomic mass is 19.1. The molecule has 0 spiro atoms. The van der Waals surface area contributed by atoms with E-state index < -0.39 is 6.10 Å². The van der Waals surface area contributed by atoms with Crippen molar-refractivity contribution in [3.8, 4) is 11.5 Å². The molecule has 2 aromatic carbocycles. The molecule has 1 atom stereocenters. The molecule has 0 bridgehead atoms. The van der Waals surface area contributed by atoms with Gasteiger partial charge in [-0.05, 0) is 37.3 Å². The molecule has 0 aromatic heterocycles. The normalized spacial score (nSPS) is 12.2. The van der Waals surface area contributed by atoms with E-state index in [2.05, 4.69) is 0 Å². The Labute approximate surface area is 99.3 Å². The summed E-state index contributed by atoms with van der Waals surface area (Å²) in [7, 11) is 0. The second kappa shape index (κ2) is 4.97. The Hall–Kier alpha value is -1.87. The highest BCUT2D eigenvalue weighted by Crippen LogP contribution is 2.30. The van der Waals surface area contributed by atoms with Gasteiger partial charge in [-0.1, -0.05) is 18.2 Å². The Bertz CT molecular complexity index is 495. The smallest absolute Gasteiger partial charge is 0.133 e. The van der Waals surface area contributed by atoms with Crippen LogP contribution in [0, 0.1) is 5.82 Å². The predicted octanol–water partition coefficient (Wildman–Crippen LogP) is 3.67. The zero-order valence-corrected chi connectivity index (χ0v) is 9.43. The van der Waals surface area contributed by atoms with Gasteiger partial charge in [-0.25, -0.2) is 4.39 Å². The van der Waals surface area contributed by atoms with Gasteiger partial charge < -0.3 is 9.84 Å². The average Bonchev–Trinajstić information content (AvgIpc) is 2.32. The molecule has 3 heteroatoms. The molecule has 0 aliphatic rings. The van der Waals surface area contributed by atoms with Gasteiger partial charge in [0, 0.05) is 5.56 Å². The van der Waals surface area contributed by atoms with Crippen LogP contribution in [-0.4, -0.2) is 5.11 Å². The van der Waals surface area contributed by atoms with Crippen LogP contribution >= 0.6 is 0 Å². The molecule has 88 valence electrons. The summed E-state index contributed by atoms with van der Waals surface area (Å²) in [4.78, 5) is 0. The Morgan fingerprint density at radius 2 is 1.82 bits per heavy atom. The van der Waals surface area contributed by atoms with E-state index >= 15 is 0 Å². The lowest BCUT2D eigenvalue weighted by molar-refractivity contribution is 0.195. The first-order chi connectivity index (χ1) is 8.16. The van der Waals surface area contributed by atoms with Crippen molar-refractivity contribution in [2.24, 2.45) is 0 Å². The fourth-order valence-electron chi connectivity index (χ4n) is 1.55. The minimum absolute atomic E-state index is 0.388. The fourth-order valence-corrected chi connectivity index (χ4v) is 1.55. The first kappa shape index (κ1) is 11.6. The standard InChI is InChI=1S/C14H13FO2/c1-10(16)13-9-11(15)7-8-14(13)17-12-5-3-2-4-6-12/h2-10,16H,1H3/t10-/m0/s1. The molecule has 0 radical (unpaired) electrons. The molecule has 0 aliphatic carbocycles. The van der Waals surface area contributed by atoms with Crippen molar-refractivity contribution >= 4 is 0 Å². The third kappa shape index (κ3) is 2.82. The van der Waals surface area contributed by atoms with Crippen LogP contribution in [0.4, 0.5) is 4.39 Å². The van der Waals surface area contributed by atoms with Crippen molar-refractivity contribution in [1.29, 1.82) is 0 Å². The summed E-state index contributed by atoms with van der Waals surface area (Å²) in [6.07, 6.45) is -0.774. The summed E-state index contributed by atoms with van der Waals surface area (Å²) in [5.74, 6) is 0.731. The molecule has 0 fully saturated rings. The molecule has 17 heavy (non-hydrogen) atoms. The Morgan fingerprint density at radius 1 is 1.12 bits per heavy atom. The van der Waals surface area contributed by atoms with Crippen LogP contribution in [0.15, 0.2) is 48.5 Å². The lowest BCUT2D eigenvalue weighted by Crippen LogP contribution is -1.97. The summed E-state index contributed by atoms with van der Waals surface area (Å²) in [5.41, 5.74) is 0.439. The van der Waals surface area contributed by atoms with Crippen molar-refractivity contribution < 1.29 is 14.2 Å². The quantitative estimate of drug-likeness (QED) is 0.874. The molecule has 2 aromatic rings. The van der Waals surface area contributed by atoms with Crippen molar-refractivity contribution in [3.05, 3.63) is 59.9 Å². The van der Waals surface area contributed by atoms with Gasteiger partial charge in [-0.3, -0.25) is 0 Å². The van der Waals surface area contributed by atoms with Gasteiger partial charge in [0.15, 0.2) is 0 Å². The maximum absolute atomic E-state index is 13.1. The Kier molecular flexibility index (Phi) is 3.40. The Balaban J connectivity index is 2.33. The van der Waals surface area contributed by atoms with E-state index in [1.807, 2.05) is 18.2 Å². The van der Waals surface area contributed by atoms with Gasteiger partial charge in [0.25, 0.3) is 0 Å². The number of benzene rings is 2. The van der Waals surface area contributed by atoms with E-state index in [1.54, 1.807) is 19.1 Å². The van der Waals surface area contributed by atoms with Crippen molar-refractivity contribution in [2.75, 3.05) is 0 Å². The van der Waals surface area contributed by atoms with E-state index in [0.29, 0.717) is 17.1 Å². The molecule has 0 aliphatic heterocycles. The number of aliphatic hydroxyl groups excluding tert-OH is 1. The largest absolute Gasteiger partial charge is 0.457 e. The Morgan fingerprint density at radius 3 is 2.47 bits per heavy atom. The minimum Gasteiger partial charge on any atom is -0.457 e. The van der Waals surface area contributed by atoms with Gasteiger partial charge in [0.1, 0.15) is 17.3 Å². The summed E-state index contributed by atoms with van der Waals surface area (Å²) in [5, 5.41) is 9.56. The predicted molar refractivity (Wildman–Crippen MR) is 63.5 cm³/mol. The molecule has 0 unspecified atom stereocenters.